The molecule has 1 aliphatic carbocycles. The molecule has 3 heterocycles. The molecule has 0 spiro atoms. The van der Waals surface area contributed by atoms with Crippen LogP contribution >= 0.6 is 0 Å². The van der Waals surface area contributed by atoms with Crippen LogP contribution in [0, 0.1) is 0 Å². The maximum Gasteiger partial charge on any atom is 0.111 e. The third kappa shape index (κ3) is 2.57. The summed E-state index contributed by atoms with van der Waals surface area (Å²) in [5.41, 5.74) is 5.84. The van der Waals surface area contributed by atoms with Crippen molar-refractivity contribution >= 4 is 21.9 Å². The van der Waals surface area contributed by atoms with Gasteiger partial charge in [-0.25, -0.2) is 4.98 Å². The first kappa shape index (κ1) is 16.3. The second-order valence-corrected chi connectivity index (χ2v) is 8.33. The van der Waals surface area contributed by atoms with Gasteiger partial charge in [-0.2, -0.15) is 5.10 Å². The first-order valence-corrected chi connectivity index (χ1v) is 10.4. The molecular weight excluding hydrogens is 346 g/mol. The molecule has 1 fully saturated rings. The SMILES string of the molecule is Cn1cc2ccc(-c3ccc4c(c3)nc3n4CCN(C4CCC4)CC3)cc2n1. The number of aromatic nitrogens is 4. The van der Waals surface area contributed by atoms with Gasteiger partial charge in [0.2, 0.25) is 0 Å². The van der Waals surface area contributed by atoms with E-state index in [1.54, 1.807) is 0 Å². The largest absolute Gasteiger partial charge is 0.327 e. The molecule has 5 heteroatoms. The Hall–Kier alpha value is -2.66. The third-order valence-electron chi connectivity index (χ3n) is 6.61. The number of nitrogens with zero attached hydrogens (tertiary/aromatic N) is 5. The van der Waals surface area contributed by atoms with Crippen molar-refractivity contribution < 1.29 is 0 Å². The number of rotatable bonds is 2. The lowest BCUT2D eigenvalue weighted by atomic mass is 9.91. The number of benzene rings is 2. The van der Waals surface area contributed by atoms with Crippen LogP contribution in [-0.4, -0.2) is 43.4 Å². The maximum absolute atomic E-state index is 5.02. The van der Waals surface area contributed by atoms with Gasteiger partial charge in [0, 0.05) is 50.7 Å². The highest BCUT2D eigenvalue weighted by Gasteiger charge is 2.27. The van der Waals surface area contributed by atoms with Crippen molar-refractivity contribution in [2.45, 2.75) is 38.3 Å². The van der Waals surface area contributed by atoms with Crippen LogP contribution in [0.2, 0.25) is 0 Å². The Morgan fingerprint density at radius 1 is 0.929 bits per heavy atom. The molecule has 0 radical (unpaired) electrons. The van der Waals surface area contributed by atoms with Crippen LogP contribution in [0.15, 0.2) is 42.6 Å². The second kappa shape index (κ2) is 6.17. The second-order valence-electron chi connectivity index (χ2n) is 8.33. The molecule has 0 saturated heterocycles. The van der Waals surface area contributed by atoms with Crippen molar-refractivity contribution in [1.29, 1.82) is 0 Å². The van der Waals surface area contributed by atoms with E-state index in [0.29, 0.717) is 0 Å². The van der Waals surface area contributed by atoms with Gasteiger partial charge in [0.1, 0.15) is 5.82 Å². The summed E-state index contributed by atoms with van der Waals surface area (Å²) in [4.78, 5) is 7.70. The normalized spacial score (nSPS) is 18.3. The van der Waals surface area contributed by atoms with E-state index in [0.717, 1.165) is 43.1 Å². The topological polar surface area (TPSA) is 38.9 Å². The first-order valence-electron chi connectivity index (χ1n) is 10.4. The summed E-state index contributed by atoms with van der Waals surface area (Å²) in [7, 11) is 1.97. The molecule has 1 saturated carbocycles. The van der Waals surface area contributed by atoms with Gasteiger partial charge in [0.25, 0.3) is 0 Å². The Bertz CT molecular complexity index is 1180. The average Bonchev–Trinajstić information content (AvgIpc) is 3.13. The number of hydrogen-bond acceptors (Lipinski definition) is 3. The highest BCUT2D eigenvalue weighted by atomic mass is 15.2. The molecule has 2 aromatic carbocycles. The number of imidazole rings is 1. The van der Waals surface area contributed by atoms with Crippen LogP contribution in [0.25, 0.3) is 33.1 Å². The summed E-state index contributed by atoms with van der Waals surface area (Å²) < 4.78 is 4.32. The number of hydrogen-bond donors (Lipinski definition) is 0. The minimum Gasteiger partial charge on any atom is -0.327 e. The van der Waals surface area contributed by atoms with Crippen molar-refractivity contribution in [1.82, 2.24) is 24.2 Å². The van der Waals surface area contributed by atoms with Crippen LogP contribution in [-0.2, 0) is 20.0 Å². The molecule has 0 unspecified atom stereocenters. The third-order valence-corrected chi connectivity index (χ3v) is 6.61. The van der Waals surface area contributed by atoms with E-state index in [4.69, 9.17) is 4.98 Å². The fourth-order valence-electron chi connectivity index (χ4n) is 4.82. The van der Waals surface area contributed by atoms with Crippen LogP contribution in [0.3, 0.4) is 0 Å². The van der Waals surface area contributed by atoms with E-state index in [-0.39, 0.29) is 0 Å². The summed E-state index contributed by atoms with van der Waals surface area (Å²) in [6.07, 6.45) is 7.28. The molecule has 5 nitrogen and oxygen atoms in total. The smallest absolute Gasteiger partial charge is 0.111 e. The van der Waals surface area contributed by atoms with Gasteiger partial charge in [-0.3, -0.25) is 9.58 Å². The first-order chi connectivity index (χ1) is 13.7. The van der Waals surface area contributed by atoms with Crippen LogP contribution in [0.4, 0.5) is 0 Å². The van der Waals surface area contributed by atoms with Crippen LogP contribution in [0.1, 0.15) is 25.1 Å². The van der Waals surface area contributed by atoms with E-state index in [1.807, 2.05) is 11.7 Å². The Balaban J connectivity index is 1.35. The highest BCUT2D eigenvalue weighted by molar-refractivity contribution is 5.87. The average molecular weight is 371 g/mol. The van der Waals surface area contributed by atoms with E-state index < -0.39 is 0 Å². The Kier molecular flexibility index (Phi) is 3.60. The molecule has 2 aliphatic rings. The zero-order valence-electron chi connectivity index (χ0n) is 16.3. The van der Waals surface area contributed by atoms with Crippen molar-refractivity contribution in [2.24, 2.45) is 7.05 Å². The fourth-order valence-corrected chi connectivity index (χ4v) is 4.82. The van der Waals surface area contributed by atoms with Crippen LogP contribution < -0.4 is 0 Å². The van der Waals surface area contributed by atoms with Crippen LogP contribution in [0.5, 0.6) is 0 Å². The van der Waals surface area contributed by atoms with Gasteiger partial charge < -0.3 is 4.57 Å². The molecule has 0 amide bonds. The summed E-state index contributed by atoms with van der Waals surface area (Å²) >= 11 is 0. The Morgan fingerprint density at radius 3 is 2.57 bits per heavy atom. The van der Waals surface area contributed by atoms with Crippen molar-refractivity contribution in [3.8, 4) is 11.1 Å². The van der Waals surface area contributed by atoms with Gasteiger partial charge in [-0.05, 0) is 42.2 Å². The maximum atomic E-state index is 5.02. The molecule has 0 bridgehead atoms. The molecule has 0 N–H and O–H groups in total. The quantitative estimate of drug-likeness (QED) is 0.535. The van der Waals surface area contributed by atoms with Gasteiger partial charge in [-0.1, -0.05) is 24.6 Å². The fraction of sp³-hybridized carbons (Fsp3) is 0.391. The summed E-state index contributed by atoms with van der Waals surface area (Å²) in [6, 6.07) is 14.1. The summed E-state index contributed by atoms with van der Waals surface area (Å²) in [6.45, 7) is 3.36. The van der Waals surface area contributed by atoms with Gasteiger partial charge in [-0.15, -0.1) is 0 Å². The lowest BCUT2D eigenvalue weighted by Gasteiger charge is -2.36. The minimum absolute atomic E-state index is 0.823. The molecule has 6 rings (SSSR count). The molecule has 1 aliphatic heterocycles. The summed E-state index contributed by atoms with van der Waals surface area (Å²) in [5.74, 6) is 1.24. The standard InChI is InChI=1S/C23H25N5/c1-26-15-18-6-5-16(13-20(18)25-26)17-7-8-22-21(14-17)24-23-9-10-27(11-12-28(22)23)19-3-2-4-19/h5-8,13-15,19H,2-4,9-12H2,1H3. The van der Waals surface area contributed by atoms with Crippen molar-refractivity contribution in [3.63, 3.8) is 0 Å². The molecule has 142 valence electrons. The number of fused-ring (bicyclic) bond motifs is 4. The van der Waals surface area contributed by atoms with Gasteiger partial charge >= 0.3 is 0 Å². The van der Waals surface area contributed by atoms with Crippen molar-refractivity contribution in [3.05, 3.63) is 48.4 Å². The van der Waals surface area contributed by atoms with E-state index in [2.05, 4.69) is 57.2 Å². The molecule has 2 aromatic heterocycles. The van der Waals surface area contributed by atoms with Gasteiger partial charge in [0.15, 0.2) is 0 Å². The number of aryl methyl sites for hydroxylation is 1. The Morgan fingerprint density at radius 2 is 1.75 bits per heavy atom. The lowest BCUT2D eigenvalue weighted by Crippen LogP contribution is -2.41. The van der Waals surface area contributed by atoms with Gasteiger partial charge in [0.05, 0.1) is 16.6 Å². The zero-order valence-corrected chi connectivity index (χ0v) is 16.3. The highest BCUT2D eigenvalue weighted by Crippen LogP contribution is 2.30. The van der Waals surface area contributed by atoms with Crippen molar-refractivity contribution in [2.75, 3.05) is 13.1 Å². The monoisotopic (exact) mass is 371 g/mol. The molecule has 0 atom stereocenters. The van der Waals surface area contributed by atoms with E-state index >= 15 is 0 Å². The Labute approximate surface area is 164 Å². The predicted octanol–water partition coefficient (Wildman–Crippen LogP) is 4.00. The lowest BCUT2D eigenvalue weighted by molar-refractivity contribution is 0.130. The molecular formula is C23H25N5. The zero-order chi connectivity index (χ0) is 18.7. The van der Waals surface area contributed by atoms with E-state index in [1.165, 1.54) is 47.1 Å². The summed E-state index contributed by atoms with van der Waals surface area (Å²) in [5, 5.41) is 5.73. The minimum atomic E-state index is 0.823. The molecule has 28 heavy (non-hydrogen) atoms. The van der Waals surface area contributed by atoms with E-state index in [9.17, 15) is 0 Å². The predicted molar refractivity (Wildman–Crippen MR) is 112 cm³/mol. The molecule has 4 aromatic rings.